The van der Waals surface area contributed by atoms with E-state index in [0.29, 0.717) is 18.7 Å². The van der Waals surface area contributed by atoms with Crippen LogP contribution in [0.5, 0.6) is 5.75 Å². The first-order valence-corrected chi connectivity index (χ1v) is 13.6. The minimum atomic E-state index is -1.25. The molecule has 0 bridgehead atoms. The van der Waals surface area contributed by atoms with Gasteiger partial charge in [-0.1, -0.05) is 30.3 Å². The molecule has 1 aliphatic heterocycles. The fourth-order valence-corrected chi connectivity index (χ4v) is 4.95. The minimum Gasteiger partial charge on any atom is -0.496 e. The van der Waals surface area contributed by atoms with E-state index in [1.165, 1.54) is 10.7 Å². The number of rotatable bonds is 10. The fourth-order valence-electron chi connectivity index (χ4n) is 4.54. The van der Waals surface area contributed by atoms with Crippen molar-refractivity contribution in [2.75, 3.05) is 26.5 Å². The zero-order valence-electron chi connectivity index (χ0n) is 22.0. The van der Waals surface area contributed by atoms with Crippen molar-refractivity contribution in [1.82, 2.24) is 20.0 Å². The van der Waals surface area contributed by atoms with Gasteiger partial charge < -0.3 is 19.7 Å². The van der Waals surface area contributed by atoms with Gasteiger partial charge in [0.25, 0.3) is 5.91 Å². The summed E-state index contributed by atoms with van der Waals surface area (Å²) in [5.41, 5.74) is 0.920. The number of methoxy groups -OCH3 is 1. The van der Waals surface area contributed by atoms with Crippen LogP contribution in [0.15, 0.2) is 59.5 Å². The van der Waals surface area contributed by atoms with Crippen LogP contribution in [0.3, 0.4) is 0 Å². The number of carbonyl (C=O) groups excluding carboxylic acids is 3. The molecule has 0 fully saturated rings. The Hall–Kier alpha value is -3.79. The van der Waals surface area contributed by atoms with Gasteiger partial charge >= 0.3 is 5.97 Å². The normalized spacial score (nSPS) is 16.6. The van der Waals surface area contributed by atoms with E-state index in [1.54, 1.807) is 37.6 Å². The number of amides is 2. The average Bonchev–Trinajstić information content (AvgIpc) is 3.36. The zero-order valence-corrected chi connectivity index (χ0v) is 22.8. The third-order valence-electron chi connectivity index (χ3n) is 6.69. The Morgan fingerprint density at radius 1 is 1.16 bits per heavy atom. The second kappa shape index (κ2) is 11.7. The van der Waals surface area contributed by atoms with Gasteiger partial charge in [-0.05, 0) is 50.3 Å². The van der Waals surface area contributed by atoms with Crippen molar-refractivity contribution in [3.05, 3.63) is 77.1 Å². The van der Waals surface area contributed by atoms with E-state index in [9.17, 15) is 14.4 Å². The van der Waals surface area contributed by atoms with Crippen LogP contribution in [-0.4, -0.2) is 64.5 Å². The van der Waals surface area contributed by atoms with Gasteiger partial charge in [0.05, 0.1) is 20.3 Å². The van der Waals surface area contributed by atoms with Crippen LogP contribution in [0, 0.1) is 0 Å². The molecule has 1 N–H and O–H groups in total. The monoisotopic (exact) mass is 536 g/mol. The van der Waals surface area contributed by atoms with Gasteiger partial charge in [0.15, 0.2) is 5.69 Å². The summed E-state index contributed by atoms with van der Waals surface area (Å²) in [5, 5.41) is 7.29. The highest BCUT2D eigenvalue weighted by atomic mass is 32.2. The fraction of sp³-hybridized carbons (Fsp3) is 0.357. The predicted molar refractivity (Wildman–Crippen MR) is 144 cm³/mol. The molecular weight excluding hydrogens is 504 g/mol. The van der Waals surface area contributed by atoms with Crippen LogP contribution in [0.4, 0.5) is 0 Å². The van der Waals surface area contributed by atoms with Crippen LogP contribution in [-0.2, 0) is 29.0 Å². The Morgan fingerprint density at radius 2 is 1.89 bits per heavy atom. The summed E-state index contributed by atoms with van der Waals surface area (Å²) in [7, 11) is 1.58. The summed E-state index contributed by atoms with van der Waals surface area (Å²) in [6, 6.07) is 17.0. The number of aromatic nitrogens is 2. The van der Waals surface area contributed by atoms with Crippen LogP contribution in [0.25, 0.3) is 0 Å². The maximum atomic E-state index is 13.7. The van der Waals surface area contributed by atoms with E-state index in [2.05, 4.69) is 10.4 Å². The first-order valence-electron chi connectivity index (χ1n) is 12.4. The molecule has 2 heterocycles. The van der Waals surface area contributed by atoms with Gasteiger partial charge in [0, 0.05) is 29.6 Å². The number of benzene rings is 2. The number of fused-ring (bicyclic) bond motifs is 1. The summed E-state index contributed by atoms with van der Waals surface area (Å²) >= 11 is 1.66. The first kappa shape index (κ1) is 27.3. The lowest BCUT2D eigenvalue weighted by Gasteiger charge is -2.43. The van der Waals surface area contributed by atoms with Crippen molar-refractivity contribution < 1.29 is 23.9 Å². The Labute approximate surface area is 226 Å². The largest absolute Gasteiger partial charge is 0.496 e. The van der Waals surface area contributed by atoms with Crippen LogP contribution < -0.4 is 10.1 Å². The van der Waals surface area contributed by atoms with E-state index in [-0.39, 0.29) is 42.9 Å². The first-order chi connectivity index (χ1) is 18.3. The highest BCUT2D eigenvalue weighted by Gasteiger charge is 2.48. The predicted octanol–water partition coefficient (Wildman–Crippen LogP) is 3.56. The molecule has 0 saturated carbocycles. The van der Waals surface area contributed by atoms with E-state index >= 15 is 0 Å². The molecule has 0 unspecified atom stereocenters. The molecular formula is C28H32N4O5S. The second-order valence-electron chi connectivity index (χ2n) is 9.12. The highest BCUT2D eigenvalue weighted by Crippen LogP contribution is 2.29. The Morgan fingerprint density at radius 3 is 2.58 bits per heavy atom. The molecule has 4 rings (SSSR count). The van der Waals surface area contributed by atoms with E-state index < -0.39 is 11.5 Å². The van der Waals surface area contributed by atoms with E-state index in [4.69, 9.17) is 9.47 Å². The molecule has 0 aliphatic carbocycles. The smallest absolute Gasteiger partial charge is 0.358 e. The van der Waals surface area contributed by atoms with Gasteiger partial charge in [-0.25, -0.2) is 4.79 Å². The number of hydrogen-bond donors (Lipinski definition) is 1. The maximum Gasteiger partial charge on any atom is 0.358 e. The third kappa shape index (κ3) is 5.55. The molecule has 9 nitrogen and oxygen atoms in total. The van der Waals surface area contributed by atoms with Gasteiger partial charge in [0.1, 0.15) is 17.0 Å². The number of hydrogen-bond acceptors (Lipinski definition) is 7. The zero-order chi connectivity index (χ0) is 27.3. The summed E-state index contributed by atoms with van der Waals surface area (Å²) in [4.78, 5) is 42.5. The number of thioether (sulfide) groups is 1. The molecule has 2 aromatic carbocycles. The molecule has 10 heteroatoms. The van der Waals surface area contributed by atoms with E-state index in [1.807, 2.05) is 54.8 Å². The minimum absolute atomic E-state index is 0.0430. The SMILES string of the molecule is CCOC(=O)c1cc2n(n1)C[C@@](C)(C(=O)NCc1ccccc1OC)N(CCc1ccc(SC)cc1)C2=O. The molecule has 200 valence electrons. The Kier molecular flexibility index (Phi) is 8.41. The molecule has 38 heavy (non-hydrogen) atoms. The topological polar surface area (TPSA) is 103 Å². The number of nitrogens with zero attached hydrogens (tertiary/aromatic N) is 3. The lowest BCUT2D eigenvalue weighted by Crippen LogP contribution is -2.64. The number of esters is 1. The quantitative estimate of drug-likeness (QED) is 0.312. The van der Waals surface area contributed by atoms with Crippen molar-refractivity contribution >= 4 is 29.5 Å². The Balaban J connectivity index is 1.62. The van der Waals surface area contributed by atoms with Gasteiger partial charge in [-0.15, -0.1) is 11.8 Å². The summed E-state index contributed by atoms with van der Waals surface area (Å²) in [6.45, 7) is 4.27. The molecule has 1 atom stereocenters. The lowest BCUT2D eigenvalue weighted by atomic mass is 9.94. The van der Waals surface area contributed by atoms with Crippen molar-refractivity contribution in [3.63, 3.8) is 0 Å². The molecule has 1 aliphatic rings. The summed E-state index contributed by atoms with van der Waals surface area (Å²) < 4.78 is 11.9. The van der Waals surface area contributed by atoms with Crippen LogP contribution in [0.2, 0.25) is 0 Å². The molecule has 1 aromatic heterocycles. The third-order valence-corrected chi connectivity index (χ3v) is 7.43. The van der Waals surface area contributed by atoms with Gasteiger partial charge in [0.2, 0.25) is 5.91 Å². The average molecular weight is 537 g/mol. The maximum absolute atomic E-state index is 13.7. The highest BCUT2D eigenvalue weighted by molar-refractivity contribution is 7.98. The second-order valence-corrected chi connectivity index (χ2v) is 10.00. The van der Waals surface area contributed by atoms with E-state index in [0.717, 1.165) is 16.0 Å². The van der Waals surface area contributed by atoms with Crippen LogP contribution in [0.1, 0.15) is 46.0 Å². The van der Waals surface area contributed by atoms with Crippen molar-refractivity contribution in [3.8, 4) is 5.75 Å². The molecule has 0 spiro atoms. The van der Waals surface area contributed by atoms with Gasteiger partial charge in [-0.2, -0.15) is 5.10 Å². The number of para-hydroxylation sites is 1. The molecule has 3 aromatic rings. The van der Waals surface area contributed by atoms with Gasteiger partial charge in [-0.3, -0.25) is 14.3 Å². The molecule has 0 radical (unpaired) electrons. The standard InChI is InChI=1S/C28H32N4O5S/c1-5-37-26(34)22-16-23-25(33)31(15-14-19-10-12-21(38-4)13-11-19)28(2,18-32(23)30-22)27(35)29-17-20-8-6-7-9-24(20)36-3/h6-13,16H,5,14-15,17-18H2,1-4H3,(H,29,35)/t28-/m0/s1. The summed E-state index contributed by atoms with van der Waals surface area (Å²) in [5.74, 6) is -0.634. The Bertz CT molecular complexity index is 1320. The molecule has 2 amide bonds. The van der Waals surface area contributed by atoms with Crippen molar-refractivity contribution in [2.45, 2.75) is 43.8 Å². The summed E-state index contributed by atoms with van der Waals surface area (Å²) in [6.07, 6.45) is 2.58. The van der Waals surface area contributed by atoms with Crippen LogP contribution >= 0.6 is 11.8 Å². The number of carbonyl (C=O) groups is 3. The number of nitrogens with one attached hydrogen (secondary N) is 1. The van der Waals surface area contributed by atoms with Crippen molar-refractivity contribution in [1.29, 1.82) is 0 Å². The molecule has 0 saturated heterocycles. The number of ether oxygens (including phenoxy) is 2. The lowest BCUT2D eigenvalue weighted by molar-refractivity contribution is -0.133. The van der Waals surface area contributed by atoms with Crippen molar-refractivity contribution in [2.24, 2.45) is 0 Å².